The van der Waals surface area contributed by atoms with Crippen LogP contribution in [0.15, 0.2) is 0 Å². The molecule has 206 valence electrons. The average Bonchev–Trinajstić information content (AvgIpc) is 2.84. The van der Waals surface area contributed by atoms with Gasteiger partial charge in [0, 0.05) is 13.7 Å². The molecule has 0 aromatic heterocycles. The van der Waals surface area contributed by atoms with Gasteiger partial charge in [-0.1, -0.05) is 181 Å². The molecule has 0 fully saturated rings. The van der Waals surface area contributed by atoms with Crippen molar-refractivity contribution in [2.45, 2.75) is 188 Å². The summed E-state index contributed by atoms with van der Waals surface area (Å²) in [5.74, 6) is 1.68. The number of rotatable bonds is 29. The fourth-order valence-corrected chi connectivity index (χ4v) is 5.27. The first-order valence-corrected chi connectivity index (χ1v) is 16.2. The molecule has 0 saturated carbocycles. The molecule has 0 spiro atoms. The summed E-state index contributed by atoms with van der Waals surface area (Å²) in [6.07, 6.45) is 38.0. The molecule has 0 aliphatic carbocycles. The quantitative estimate of drug-likeness (QED) is 0.0967. The monoisotopic (exact) mass is 481 g/mol. The summed E-state index contributed by atoms with van der Waals surface area (Å²) >= 11 is 0. The van der Waals surface area contributed by atoms with Gasteiger partial charge in [0.2, 0.25) is 0 Å². The zero-order valence-electron chi connectivity index (χ0n) is 24.7. The third-order valence-electron chi connectivity index (χ3n) is 8.04. The van der Waals surface area contributed by atoms with Crippen LogP contribution in [0.1, 0.15) is 188 Å². The Kier molecular flexibility index (Phi) is 29.2. The Bertz CT molecular complexity index is 352. The zero-order chi connectivity index (χ0) is 25.0. The molecule has 1 nitrogen and oxygen atoms in total. The van der Waals surface area contributed by atoms with Gasteiger partial charge < -0.3 is 4.74 Å². The minimum atomic E-state index is 0.740. The Balaban J connectivity index is 3.05. The molecule has 0 saturated heterocycles. The third kappa shape index (κ3) is 28.2. The van der Waals surface area contributed by atoms with E-state index < -0.39 is 0 Å². The molecule has 0 rings (SSSR count). The summed E-state index contributed by atoms with van der Waals surface area (Å²) in [6.45, 7) is 7.96. The summed E-state index contributed by atoms with van der Waals surface area (Å²) in [5, 5.41) is 0. The van der Waals surface area contributed by atoms with Crippen LogP contribution in [0.25, 0.3) is 0 Å². The van der Waals surface area contributed by atoms with Crippen LogP contribution in [-0.2, 0) is 4.74 Å². The molecular formula is C33H68O. The van der Waals surface area contributed by atoms with Gasteiger partial charge >= 0.3 is 0 Å². The number of methoxy groups -OCH3 is 1. The molecule has 2 unspecified atom stereocenters. The highest BCUT2D eigenvalue weighted by Crippen LogP contribution is 2.17. The van der Waals surface area contributed by atoms with Crippen LogP contribution < -0.4 is 0 Å². The standard InChI is InChI=1S/C33H68O/c1-5-32(2)29-27-25-23-21-19-17-15-13-11-9-7-6-8-10-12-14-16-18-20-22-24-26-28-30-33(3)31-34-4/h32-33H,5-31H2,1-4H3. The molecule has 0 bridgehead atoms. The fourth-order valence-electron chi connectivity index (χ4n) is 5.27. The molecular weight excluding hydrogens is 412 g/mol. The van der Waals surface area contributed by atoms with Crippen LogP contribution in [0.2, 0.25) is 0 Å². The molecule has 2 atom stereocenters. The lowest BCUT2D eigenvalue weighted by atomic mass is 9.99. The average molecular weight is 481 g/mol. The van der Waals surface area contributed by atoms with Gasteiger partial charge in [0.1, 0.15) is 0 Å². The van der Waals surface area contributed by atoms with E-state index in [1.54, 1.807) is 0 Å². The maximum Gasteiger partial charge on any atom is 0.0487 e. The van der Waals surface area contributed by atoms with E-state index in [-0.39, 0.29) is 0 Å². The van der Waals surface area contributed by atoms with Gasteiger partial charge in [0.05, 0.1) is 0 Å². The largest absolute Gasteiger partial charge is 0.384 e. The Morgan fingerprint density at radius 1 is 0.382 bits per heavy atom. The predicted molar refractivity (Wildman–Crippen MR) is 156 cm³/mol. The van der Waals surface area contributed by atoms with Crippen molar-refractivity contribution < 1.29 is 4.74 Å². The molecule has 0 radical (unpaired) electrons. The first kappa shape index (κ1) is 34.0. The lowest BCUT2D eigenvalue weighted by Gasteiger charge is -2.09. The Hall–Kier alpha value is -0.0400. The van der Waals surface area contributed by atoms with Crippen LogP contribution in [0.3, 0.4) is 0 Å². The van der Waals surface area contributed by atoms with Gasteiger partial charge in [-0.2, -0.15) is 0 Å². The van der Waals surface area contributed by atoms with Crippen molar-refractivity contribution in [2.75, 3.05) is 13.7 Å². The zero-order valence-corrected chi connectivity index (χ0v) is 24.7. The van der Waals surface area contributed by atoms with Gasteiger partial charge in [-0.05, 0) is 18.3 Å². The van der Waals surface area contributed by atoms with Crippen LogP contribution in [0.5, 0.6) is 0 Å². The second kappa shape index (κ2) is 29.2. The van der Waals surface area contributed by atoms with E-state index in [9.17, 15) is 0 Å². The van der Waals surface area contributed by atoms with Crippen molar-refractivity contribution in [3.8, 4) is 0 Å². The molecule has 0 amide bonds. The smallest absolute Gasteiger partial charge is 0.0487 e. The second-order valence-corrected chi connectivity index (χ2v) is 11.8. The van der Waals surface area contributed by atoms with Crippen LogP contribution in [0.4, 0.5) is 0 Å². The van der Waals surface area contributed by atoms with E-state index in [2.05, 4.69) is 20.8 Å². The topological polar surface area (TPSA) is 9.23 Å². The van der Waals surface area contributed by atoms with Crippen LogP contribution in [-0.4, -0.2) is 13.7 Å². The molecule has 34 heavy (non-hydrogen) atoms. The highest BCUT2D eigenvalue weighted by atomic mass is 16.5. The van der Waals surface area contributed by atoms with E-state index in [4.69, 9.17) is 4.74 Å². The Labute approximate surface area is 218 Å². The first-order valence-electron chi connectivity index (χ1n) is 16.2. The summed E-state index contributed by atoms with van der Waals surface area (Å²) in [6, 6.07) is 0. The van der Waals surface area contributed by atoms with Crippen molar-refractivity contribution in [3.63, 3.8) is 0 Å². The minimum absolute atomic E-state index is 0.740. The number of hydrogen-bond acceptors (Lipinski definition) is 1. The summed E-state index contributed by atoms with van der Waals surface area (Å²) < 4.78 is 5.21. The van der Waals surface area contributed by atoms with E-state index >= 15 is 0 Å². The predicted octanol–water partition coefficient (Wildman–Crippen LogP) is 12.1. The Morgan fingerprint density at radius 2 is 0.618 bits per heavy atom. The van der Waals surface area contributed by atoms with Crippen LogP contribution >= 0.6 is 0 Å². The molecule has 0 heterocycles. The van der Waals surface area contributed by atoms with E-state index in [0.29, 0.717) is 0 Å². The van der Waals surface area contributed by atoms with Gasteiger partial charge in [0.15, 0.2) is 0 Å². The minimum Gasteiger partial charge on any atom is -0.384 e. The van der Waals surface area contributed by atoms with Crippen molar-refractivity contribution in [1.82, 2.24) is 0 Å². The fraction of sp³-hybridized carbons (Fsp3) is 1.00. The maximum absolute atomic E-state index is 5.21. The van der Waals surface area contributed by atoms with E-state index in [0.717, 1.165) is 18.4 Å². The van der Waals surface area contributed by atoms with Gasteiger partial charge in [-0.3, -0.25) is 0 Å². The van der Waals surface area contributed by atoms with E-state index in [1.807, 2.05) is 7.11 Å². The summed E-state index contributed by atoms with van der Waals surface area (Å²) in [5.41, 5.74) is 0. The molecule has 0 aromatic carbocycles. The summed E-state index contributed by atoms with van der Waals surface area (Å²) in [4.78, 5) is 0. The Morgan fingerprint density at radius 3 is 0.853 bits per heavy atom. The number of hydrogen-bond donors (Lipinski definition) is 0. The van der Waals surface area contributed by atoms with E-state index in [1.165, 1.54) is 167 Å². The number of unbranched alkanes of at least 4 members (excludes halogenated alkanes) is 22. The van der Waals surface area contributed by atoms with Crippen molar-refractivity contribution in [1.29, 1.82) is 0 Å². The SMILES string of the molecule is CCC(C)CCCCCCCCCCCCCCCCCCCCCCCCCC(C)COC. The highest BCUT2D eigenvalue weighted by molar-refractivity contribution is 4.54. The molecule has 0 N–H and O–H groups in total. The summed E-state index contributed by atoms with van der Waals surface area (Å²) in [7, 11) is 1.82. The molecule has 1 heteroatoms. The van der Waals surface area contributed by atoms with Gasteiger partial charge in [-0.25, -0.2) is 0 Å². The highest BCUT2D eigenvalue weighted by Gasteiger charge is 2.01. The molecule has 0 aromatic rings. The van der Waals surface area contributed by atoms with Crippen molar-refractivity contribution in [2.24, 2.45) is 11.8 Å². The molecule has 0 aliphatic heterocycles. The van der Waals surface area contributed by atoms with Gasteiger partial charge in [0.25, 0.3) is 0 Å². The molecule has 0 aliphatic rings. The normalized spacial score (nSPS) is 13.4. The van der Waals surface area contributed by atoms with Gasteiger partial charge in [-0.15, -0.1) is 0 Å². The van der Waals surface area contributed by atoms with Crippen molar-refractivity contribution >= 4 is 0 Å². The lowest BCUT2D eigenvalue weighted by molar-refractivity contribution is 0.154. The third-order valence-corrected chi connectivity index (χ3v) is 8.04. The first-order chi connectivity index (χ1) is 16.7. The maximum atomic E-state index is 5.21. The number of ether oxygens (including phenoxy) is 1. The van der Waals surface area contributed by atoms with Crippen LogP contribution in [0, 0.1) is 11.8 Å². The lowest BCUT2D eigenvalue weighted by Crippen LogP contribution is -2.02. The second-order valence-electron chi connectivity index (χ2n) is 11.8. The van der Waals surface area contributed by atoms with Crippen molar-refractivity contribution in [3.05, 3.63) is 0 Å².